The highest BCUT2D eigenvalue weighted by Gasteiger charge is 2.28. The molecule has 1 atom stereocenters. The van der Waals surface area contributed by atoms with Crippen LogP contribution in [-0.2, 0) is 9.53 Å². The molecule has 1 aliphatic heterocycles. The van der Waals surface area contributed by atoms with Gasteiger partial charge in [-0.1, -0.05) is 0 Å². The number of nitrogens with one attached hydrogen (secondary N) is 1. The van der Waals surface area contributed by atoms with E-state index < -0.39 is 0 Å². The summed E-state index contributed by atoms with van der Waals surface area (Å²) in [6.45, 7) is 0.848. The van der Waals surface area contributed by atoms with Crippen LogP contribution in [0, 0.1) is 0 Å². The van der Waals surface area contributed by atoms with Crippen molar-refractivity contribution < 1.29 is 14.6 Å². The van der Waals surface area contributed by atoms with E-state index in [1.807, 2.05) is 0 Å². The number of carbonyl (C=O) groups is 1. The number of aliphatic hydroxyl groups is 1. The van der Waals surface area contributed by atoms with E-state index in [4.69, 9.17) is 9.84 Å². The van der Waals surface area contributed by atoms with Crippen molar-refractivity contribution in [2.24, 2.45) is 0 Å². The maximum absolute atomic E-state index is 11.5. The van der Waals surface area contributed by atoms with Crippen LogP contribution in [0.1, 0.15) is 38.5 Å². The summed E-state index contributed by atoms with van der Waals surface area (Å²) in [5, 5.41) is 12.0. The van der Waals surface area contributed by atoms with Crippen LogP contribution in [0.2, 0.25) is 0 Å². The van der Waals surface area contributed by atoms with Gasteiger partial charge in [0.05, 0.1) is 12.2 Å². The number of hydrogen-bond acceptors (Lipinski definition) is 3. The van der Waals surface area contributed by atoms with Crippen LogP contribution in [0.4, 0.5) is 0 Å². The van der Waals surface area contributed by atoms with E-state index >= 15 is 0 Å². The van der Waals surface area contributed by atoms with Crippen molar-refractivity contribution in [2.75, 3.05) is 6.61 Å². The Balaban J connectivity index is 1.56. The monoisotopic (exact) mass is 213 g/mol. The molecular weight excluding hydrogens is 194 g/mol. The third-order valence-electron chi connectivity index (χ3n) is 3.20. The standard InChI is InChI=1S/C11H19NO3/c13-9-6-8(7-9)12-11(14)4-3-10-2-1-5-15-10/h8-10,13H,1-7H2,(H,12,14). The summed E-state index contributed by atoms with van der Waals surface area (Å²) >= 11 is 0. The minimum absolute atomic E-state index is 0.0994. The van der Waals surface area contributed by atoms with Gasteiger partial charge < -0.3 is 15.2 Å². The Morgan fingerprint density at radius 2 is 2.27 bits per heavy atom. The number of amides is 1. The Morgan fingerprint density at radius 1 is 1.47 bits per heavy atom. The first-order chi connectivity index (χ1) is 7.24. The number of hydrogen-bond donors (Lipinski definition) is 2. The van der Waals surface area contributed by atoms with Crippen LogP contribution in [0.25, 0.3) is 0 Å². The summed E-state index contributed by atoms with van der Waals surface area (Å²) in [5.74, 6) is 0.0994. The molecule has 0 aromatic carbocycles. The maximum Gasteiger partial charge on any atom is 0.220 e. The minimum Gasteiger partial charge on any atom is -0.393 e. The molecule has 15 heavy (non-hydrogen) atoms. The molecule has 0 radical (unpaired) electrons. The summed E-state index contributed by atoms with van der Waals surface area (Å²) in [6.07, 6.45) is 5.13. The molecule has 0 aromatic rings. The van der Waals surface area contributed by atoms with Crippen molar-refractivity contribution >= 4 is 5.91 Å². The second-order valence-electron chi connectivity index (χ2n) is 4.56. The van der Waals surface area contributed by atoms with Gasteiger partial charge in [-0.15, -0.1) is 0 Å². The predicted octanol–water partition coefficient (Wildman–Crippen LogP) is 0.585. The molecule has 1 saturated carbocycles. The maximum atomic E-state index is 11.5. The molecule has 0 bridgehead atoms. The Labute approximate surface area is 90.0 Å². The Morgan fingerprint density at radius 3 is 2.87 bits per heavy atom. The van der Waals surface area contributed by atoms with Crippen LogP contribution in [-0.4, -0.2) is 35.9 Å². The molecule has 1 unspecified atom stereocenters. The molecule has 1 saturated heterocycles. The summed E-state index contributed by atoms with van der Waals surface area (Å²) in [7, 11) is 0. The molecular formula is C11H19NO3. The Hall–Kier alpha value is -0.610. The van der Waals surface area contributed by atoms with E-state index in [-0.39, 0.29) is 18.1 Å². The third kappa shape index (κ3) is 3.18. The largest absolute Gasteiger partial charge is 0.393 e. The molecule has 4 nitrogen and oxygen atoms in total. The molecule has 2 fully saturated rings. The molecule has 2 rings (SSSR count). The van der Waals surface area contributed by atoms with Crippen molar-refractivity contribution in [2.45, 2.75) is 56.8 Å². The molecule has 0 aromatic heterocycles. The van der Waals surface area contributed by atoms with Crippen LogP contribution < -0.4 is 5.32 Å². The summed E-state index contributed by atoms with van der Waals surface area (Å²) in [5.41, 5.74) is 0. The SMILES string of the molecule is O=C(CCC1CCCO1)NC1CC(O)C1. The highest BCUT2D eigenvalue weighted by Crippen LogP contribution is 2.20. The van der Waals surface area contributed by atoms with Crippen molar-refractivity contribution in [3.63, 3.8) is 0 Å². The second kappa shape index (κ2) is 4.94. The van der Waals surface area contributed by atoms with Crippen molar-refractivity contribution in [1.29, 1.82) is 0 Å². The van der Waals surface area contributed by atoms with Crippen molar-refractivity contribution in [1.82, 2.24) is 5.32 Å². The fraction of sp³-hybridized carbons (Fsp3) is 0.909. The molecule has 1 amide bonds. The lowest BCUT2D eigenvalue weighted by molar-refractivity contribution is -0.123. The smallest absolute Gasteiger partial charge is 0.220 e. The molecule has 1 aliphatic carbocycles. The van der Waals surface area contributed by atoms with Crippen molar-refractivity contribution in [3.8, 4) is 0 Å². The summed E-state index contributed by atoms with van der Waals surface area (Å²) in [4.78, 5) is 11.5. The van der Waals surface area contributed by atoms with Gasteiger partial charge in [0.15, 0.2) is 0 Å². The van der Waals surface area contributed by atoms with Gasteiger partial charge in [-0.25, -0.2) is 0 Å². The zero-order valence-electron chi connectivity index (χ0n) is 8.95. The van der Waals surface area contributed by atoms with Gasteiger partial charge in [0.1, 0.15) is 0 Å². The lowest BCUT2D eigenvalue weighted by Gasteiger charge is -2.32. The fourth-order valence-electron chi connectivity index (χ4n) is 2.17. The van der Waals surface area contributed by atoms with Crippen LogP contribution in [0.3, 0.4) is 0 Å². The third-order valence-corrected chi connectivity index (χ3v) is 3.20. The predicted molar refractivity (Wildman–Crippen MR) is 55.4 cm³/mol. The Bertz CT molecular complexity index is 220. The number of rotatable bonds is 4. The number of carbonyl (C=O) groups excluding carboxylic acids is 1. The molecule has 2 aliphatic rings. The average Bonchev–Trinajstić information content (AvgIpc) is 2.65. The van der Waals surface area contributed by atoms with Gasteiger partial charge in [0.25, 0.3) is 0 Å². The van der Waals surface area contributed by atoms with Crippen LogP contribution in [0.5, 0.6) is 0 Å². The quantitative estimate of drug-likeness (QED) is 0.718. The minimum atomic E-state index is -0.200. The van der Waals surface area contributed by atoms with Crippen LogP contribution >= 0.6 is 0 Å². The highest BCUT2D eigenvalue weighted by molar-refractivity contribution is 5.76. The lowest BCUT2D eigenvalue weighted by Crippen LogP contribution is -2.46. The average molecular weight is 213 g/mol. The molecule has 4 heteroatoms. The van der Waals surface area contributed by atoms with Gasteiger partial charge in [-0.05, 0) is 32.1 Å². The van der Waals surface area contributed by atoms with E-state index in [0.717, 1.165) is 25.9 Å². The lowest BCUT2D eigenvalue weighted by atomic mass is 9.89. The first-order valence-corrected chi connectivity index (χ1v) is 5.83. The van der Waals surface area contributed by atoms with E-state index in [1.165, 1.54) is 0 Å². The summed E-state index contributed by atoms with van der Waals surface area (Å²) < 4.78 is 5.45. The van der Waals surface area contributed by atoms with Gasteiger partial charge in [0, 0.05) is 19.1 Å². The van der Waals surface area contributed by atoms with Crippen LogP contribution in [0.15, 0.2) is 0 Å². The first kappa shape index (κ1) is 10.9. The number of ether oxygens (including phenoxy) is 1. The first-order valence-electron chi connectivity index (χ1n) is 5.83. The van der Waals surface area contributed by atoms with E-state index in [1.54, 1.807) is 0 Å². The topological polar surface area (TPSA) is 58.6 Å². The van der Waals surface area contributed by atoms with Gasteiger partial charge in [0.2, 0.25) is 5.91 Å². The fourth-order valence-corrected chi connectivity index (χ4v) is 2.17. The number of aliphatic hydroxyl groups excluding tert-OH is 1. The molecule has 2 N–H and O–H groups in total. The second-order valence-corrected chi connectivity index (χ2v) is 4.56. The molecule has 86 valence electrons. The molecule has 0 spiro atoms. The van der Waals surface area contributed by atoms with Gasteiger partial charge in [-0.2, -0.15) is 0 Å². The zero-order valence-corrected chi connectivity index (χ0v) is 8.95. The van der Waals surface area contributed by atoms with E-state index in [9.17, 15) is 4.79 Å². The van der Waals surface area contributed by atoms with E-state index in [2.05, 4.69) is 5.32 Å². The zero-order chi connectivity index (χ0) is 10.7. The van der Waals surface area contributed by atoms with Crippen molar-refractivity contribution in [3.05, 3.63) is 0 Å². The highest BCUT2D eigenvalue weighted by atomic mass is 16.5. The van der Waals surface area contributed by atoms with E-state index in [0.29, 0.717) is 25.4 Å². The van der Waals surface area contributed by atoms with Gasteiger partial charge >= 0.3 is 0 Å². The molecule has 1 heterocycles. The summed E-state index contributed by atoms with van der Waals surface area (Å²) in [6, 6.07) is 0.206. The van der Waals surface area contributed by atoms with Gasteiger partial charge in [-0.3, -0.25) is 4.79 Å². The normalized spacial score (nSPS) is 34.9. The Kier molecular flexibility index (Phi) is 3.59.